The molecule has 0 heterocycles. The van der Waals surface area contributed by atoms with Gasteiger partial charge in [0.1, 0.15) is 11.6 Å². The summed E-state index contributed by atoms with van der Waals surface area (Å²) >= 11 is 0. The van der Waals surface area contributed by atoms with Gasteiger partial charge in [0.15, 0.2) is 0 Å². The molecule has 0 saturated carbocycles. The molecule has 1 aromatic rings. The highest BCUT2D eigenvalue weighted by atomic mass is 19.1. The van der Waals surface area contributed by atoms with Gasteiger partial charge in [0.25, 0.3) is 0 Å². The van der Waals surface area contributed by atoms with E-state index in [-0.39, 0.29) is 11.6 Å². The van der Waals surface area contributed by atoms with Crippen molar-refractivity contribution in [2.75, 3.05) is 6.54 Å². The third-order valence-electron chi connectivity index (χ3n) is 1.42. The molecule has 0 bridgehead atoms. The minimum atomic E-state index is -0.371. The highest BCUT2D eigenvalue weighted by molar-refractivity contribution is 5.56. The van der Waals surface area contributed by atoms with Crippen molar-refractivity contribution in [3.05, 3.63) is 35.7 Å². The molecule has 12 heavy (non-hydrogen) atoms. The van der Waals surface area contributed by atoms with E-state index in [1.54, 1.807) is 12.2 Å². The number of nitrogens with two attached hydrogens (primary N) is 1. The zero-order valence-electron chi connectivity index (χ0n) is 6.50. The van der Waals surface area contributed by atoms with Crippen molar-refractivity contribution in [1.82, 2.24) is 0 Å². The molecule has 2 nitrogen and oxygen atoms in total. The zero-order chi connectivity index (χ0) is 8.97. The second-order valence-electron chi connectivity index (χ2n) is 2.34. The van der Waals surface area contributed by atoms with E-state index in [1.165, 1.54) is 18.2 Å². The van der Waals surface area contributed by atoms with Gasteiger partial charge < -0.3 is 10.8 Å². The summed E-state index contributed by atoms with van der Waals surface area (Å²) < 4.78 is 12.6. The topological polar surface area (TPSA) is 46.2 Å². The Morgan fingerprint density at radius 2 is 2.25 bits per heavy atom. The van der Waals surface area contributed by atoms with Gasteiger partial charge in [-0.15, -0.1) is 0 Å². The molecule has 0 saturated heterocycles. The lowest BCUT2D eigenvalue weighted by Crippen LogP contribution is -1.92. The lowest BCUT2D eigenvalue weighted by molar-refractivity contribution is 0.471. The fourth-order valence-electron chi connectivity index (χ4n) is 0.854. The van der Waals surface area contributed by atoms with Crippen molar-refractivity contribution in [2.45, 2.75) is 0 Å². The summed E-state index contributed by atoms with van der Waals surface area (Å²) in [4.78, 5) is 0. The number of hydrogen-bond acceptors (Lipinski definition) is 2. The van der Waals surface area contributed by atoms with Gasteiger partial charge in [-0.1, -0.05) is 12.2 Å². The molecule has 0 aromatic heterocycles. The zero-order valence-corrected chi connectivity index (χ0v) is 6.50. The molecule has 1 rings (SSSR count). The summed E-state index contributed by atoms with van der Waals surface area (Å²) in [7, 11) is 0. The highest BCUT2D eigenvalue weighted by Gasteiger charge is 1.97. The molecule has 3 heteroatoms. The average Bonchev–Trinajstić information content (AvgIpc) is 2.07. The van der Waals surface area contributed by atoms with Gasteiger partial charge in [-0.05, 0) is 18.2 Å². The highest BCUT2D eigenvalue weighted by Crippen LogP contribution is 2.18. The van der Waals surface area contributed by atoms with Crippen LogP contribution < -0.4 is 5.73 Å². The van der Waals surface area contributed by atoms with E-state index in [0.29, 0.717) is 12.1 Å². The first-order chi connectivity index (χ1) is 5.74. The van der Waals surface area contributed by atoms with Crippen LogP contribution in [0.2, 0.25) is 0 Å². The maximum absolute atomic E-state index is 12.6. The van der Waals surface area contributed by atoms with Crippen LogP contribution >= 0.6 is 0 Å². The molecular weight excluding hydrogens is 157 g/mol. The largest absolute Gasteiger partial charge is 0.507 e. The normalized spacial score (nSPS) is 10.8. The number of aromatic hydroxyl groups is 1. The Hall–Kier alpha value is -1.35. The minimum Gasteiger partial charge on any atom is -0.507 e. The van der Waals surface area contributed by atoms with E-state index in [0.717, 1.165) is 0 Å². The molecule has 0 atom stereocenters. The van der Waals surface area contributed by atoms with Crippen molar-refractivity contribution < 1.29 is 9.50 Å². The first-order valence-corrected chi connectivity index (χ1v) is 3.59. The molecule has 0 aliphatic heterocycles. The summed E-state index contributed by atoms with van der Waals surface area (Å²) in [5.41, 5.74) is 5.65. The van der Waals surface area contributed by atoms with Crippen LogP contribution in [0, 0.1) is 5.82 Å². The number of halogens is 1. The van der Waals surface area contributed by atoms with E-state index in [1.807, 2.05) is 0 Å². The molecular formula is C9H10FNO. The van der Waals surface area contributed by atoms with Crippen LogP contribution in [0.1, 0.15) is 5.56 Å². The van der Waals surface area contributed by atoms with E-state index in [9.17, 15) is 9.50 Å². The van der Waals surface area contributed by atoms with Crippen LogP contribution in [0.5, 0.6) is 5.75 Å². The Balaban J connectivity index is 2.97. The standard InChI is InChI=1S/C9H10FNO/c10-8-3-4-9(12)7(6-8)2-1-5-11/h1-4,6,12H,5,11H2/b2-1+. The molecule has 0 aliphatic carbocycles. The number of phenolic OH excluding ortho intramolecular Hbond substituents is 1. The molecule has 1 aromatic carbocycles. The van der Waals surface area contributed by atoms with Crippen LogP contribution in [0.3, 0.4) is 0 Å². The van der Waals surface area contributed by atoms with Crippen LogP contribution in [0.25, 0.3) is 6.08 Å². The van der Waals surface area contributed by atoms with E-state index in [4.69, 9.17) is 5.73 Å². The quantitative estimate of drug-likeness (QED) is 0.701. The predicted octanol–water partition coefficient (Wildman–Crippen LogP) is 1.50. The first-order valence-electron chi connectivity index (χ1n) is 3.59. The number of rotatable bonds is 2. The van der Waals surface area contributed by atoms with Gasteiger partial charge in [-0.3, -0.25) is 0 Å². The summed E-state index contributed by atoms with van der Waals surface area (Å²) in [6.45, 7) is 0.371. The van der Waals surface area contributed by atoms with Gasteiger partial charge in [0, 0.05) is 12.1 Å². The lowest BCUT2D eigenvalue weighted by Gasteiger charge is -1.97. The maximum atomic E-state index is 12.6. The summed E-state index contributed by atoms with van der Waals surface area (Å²) in [6.07, 6.45) is 3.23. The Morgan fingerprint density at radius 1 is 1.50 bits per heavy atom. The third-order valence-corrected chi connectivity index (χ3v) is 1.42. The second kappa shape index (κ2) is 3.88. The SMILES string of the molecule is NC/C=C/c1cc(F)ccc1O. The molecule has 64 valence electrons. The Labute approximate surface area is 70.1 Å². The van der Waals surface area contributed by atoms with Crippen LogP contribution in [-0.2, 0) is 0 Å². The third kappa shape index (κ3) is 2.07. The van der Waals surface area contributed by atoms with Crippen LogP contribution in [0.15, 0.2) is 24.3 Å². The Morgan fingerprint density at radius 3 is 2.92 bits per heavy atom. The summed E-state index contributed by atoms with van der Waals surface area (Å²) in [6, 6.07) is 3.77. The molecule has 3 N–H and O–H groups in total. The average molecular weight is 167 g/mol. The fourth-order valence-corrected chi connectivity index (χ4v) is 0.854. The van der Waals surface area contributed by atoms with E-state index >= 15 is 0 Å². The van der Waals surface area contributed by atoms with Gasteiger partial charge in [0.05, 0.1) is 0 Å². The second-order valence-corrected chi connectivity index (χ2v) is 2.34. The van der Waals surface area contributed by atoms with E-state index < -0.39 is 0 Å². The monoisotopic (exact) mass is 167 g/mol. The molecule has 0 aliphatic rings. The van der Waals surface area contributed by atoms with Crippen molar-refractivity contribution in [1.29, 1.82) is 0 Å². The molecule has 0 amide bonds. The number of hydrogen-bond donors (Lipinski definition) is 2. The molecule has 0 spiro atoms. The lowest BCUT2D eigenvalue weighted by atomic mass is 10.2. The van der Waals surface area contributed by atoms with Gasteiger partial charge >= 0.3 is 0 Å². The smallest absolute Gasteiger partial charge is 0.124 e. The van der Waals surface area contributed by atoms with Crippen molar-refractivity contribution in [3.8, 4) is 5.75 Å². The molecule has 0 fully saturated rings. The fraction of sp³-hybridized carbons (Fsp3) is 0.111. The minimum absolute atomic E-state index is 0.0566. The summed E-state index contributed by atoms with van der Waals surface area (Å²) in [5.74, 6) is -0.314. The predicted molar refractivity (Wildman–Crippen MR) is 46.2 cm³/mol. The van der Waals surface area contributed by atoms with Gasteiger partial charge in [0.2, 0.25) is 0 Å². The van der Waals surface area contributed by atoms with Crippen molar-refractivity contribution in [2.24, 2.45) is 5.73 Å². The summed E-state index contributed by atoms with van der Waals surface area (Å²) in [5, 5.41) is 9.20. The number of phenols is 1. The van der Waals surface area contributed by atoms with Crippen molar-refractivity contribution in [3.63, 3.8) is 0 Å². The molecule has 0 unspecified atom stereocenters. The van der Waals surface area contributed by atoms with Gasteiger partial charge in [-0.25, -0.2) is 4.39 Å². The van der Waals surface area contributed by atoms with Crippen LogP contribution in [-0.4, -0.2) is 11.7 Å². The van der Waals surface area contributed by atoms with Crippen molar-refractivity contribution >= 4 is 6.08 Å². The van der Waals surface area contributed by atoms with E-state index in [2.05, 4.69) is 0 Å². The molecule has 0 radical (unpaired) electrons. The van der Waals surface area contributed by atoms with Crippen LogP contribution in [0.4, 0.5) is 4.39 Å². The Kier molecular flexibility index (Phi) is 2.82. The first kappa shape index (κ1) is 8.74. The van der Waals surface area contributed by atoms with Gasteiger partial charge in [-0.2, -0.15) is 0 Å². The number of benzene rings is 1. The maximum Gasteiger partial charge on any atom is 0.124 e. The Bertz CT molecular complexity index is 297.